The summed E-state index contributed by atoms with van der Waals surface area (Å²) >= 11 is 0. The number of hydrogen-bond donors (Lipinski definition) is 1. The second-order valence-electron chi connectivity index (χ2n) is 8.29. The summed E-state index contributed by atoms with van der Waals surface area (Å²) in [6.45, 7) is 4.83. The molecule has 3 aliphatic carbocycles. The first-order valence-corrected chi connectivity index (χ1v) is 9.77. The topological polar surface area (TPSA) is 89.9 Å². The molecule has 0 radical (unpaired) electrons. The van der Waals surface area contributed by atoms with Crippen LogP contribution in [0.1, 0.15) is 51.7 Å². The predicted molar refractivity (Wildman–Crippen MR) is 104 cm³/mol. The number of ether oxygens (including phenoxy) is 2. The Morgan fingerprint density at radius 2 is 1.86 bits per heavy atom. The average Bonchev–Trinajstić information content (AvgIpc) is 3.40. The van der Waals surface area contributed by atoms with E-state index in [1.165, 1.54) is 13.0 Å². The maximum absolute atomic E-state index is 13.1. The Labute approximate surface area is 169 Å². The molecule has 29 heavy (non-hydrogen) atoms. The highest BCUT2D eigenvalue weighted by Crippen LogP contribution is 2.66. The van der Waals surface area contributed by atoms with Crippen LogP contribution in [-0.4, -0.2) is 34.5 Å². The second-order valence-corrected chi connectivity index (χ2v) is 8.29. The third-order valence-corrected chi connectivity index (χ3v) is 6.53. The van der Waals surface area contributed by atoms with Gasteiger partial charge in [0, 0.05) is 29.9 Å². The molecule has 0 saturated heterocycles. The number of carbonyl (C=O) groups excluding carboxylic acids is 3. The van der Waals surface area contributed by atoms with Gasteiger partial charge >= 0.3 is 11.9 Å². The van der Waals surface area contributed by atoms with Crippen LogP contribution in [0.2, 0.25) is 0 Å². The normalized spacial score (nSPS) is 27.9. The summed E-state index contributed by atoms with van der Waals surface area (Å²) in [6.07, 6.45) is 1.04. The number of allylic oxidation sites excluding steroid dienone is 1. The number of carbonyl (C=O) groups is 3. The van der Waals surface area contributed by atoms with Gasteiger partial charge in [0.25, 0.3) is 0 Å². The van der Waals surface area contributed by atoms with Crippen LogP contribution in [-0.2, 0) is 23.9 Å². The lowest BCUT2D eigenvalue weighted by atomic mass is 9.67. The molecule has 0 amide bonds. The molecular formula is C23H24O6. The van der Waals surface area contributed by atoms with Crippen molar-refractivity contribution in [2.75, 3.05) is 0 Å². The molecule has 0 aliphatic heterocycles. The van der Waals surface area contributed by atoms with Crippen LogP contribution in [0.15, 0.2) is 53.1 Å². The molecule has 3 atom stereocenters. The quantitative estimate of drug-likeness (QED) is 0.787. The summed E-state index contributed by atoms with van der Waals surface area (Å²) in [5.41, 5.74) is 1.06. The lowest BCUT2D eigenvalue weighted by Gasteiger charge is -2.45. The number of esters is 2. The minimum absolute atomic E-state index is 0.0662. The highest BCUT2D eigenvalue weighted by Gasteiger charge is 2.66. The smallest absolute Gasteiger partial charge is 0.352 e. The van der Waals surface area contributed by atoms with Crippen LogP contribution in [0.5, 0.6) is 0 Å². The fourth-order valence-electron chi connectivity index (χ4n) is 4.80. The summed E-state index contributed by atoms with van der Waals surface area (Å²) in [6, 6.07) is 8.60. The molecule has 3 aliphatic rings. The molecule has 152 valence electrons. The Bertz CT molecular complexity index is 949. The van der Waals surface area contributed by atoms with E-state index in [0.717, 1.165) is 24.0 Å². The Morgan fingerprint density at radius 1 is 1.21 bits per heavy atom. The number of aliphatic hydroxyl groups is 1. The van der Waals surface area contributed by atoms with Crippen LogP contribution in [0.4, 0.5) is 0 Å². The lowest BCUT2D eigenvalue weighted by molar-refractivity contribution is -0.182. The molecule has 0 heterocycles. The lowest BCUT2D eigenvalue weighted by Crippen LogP contribution is -2.54. The fourth-order valence-corrected chi connectivity index (χ4v) is 4.80. The highest BCUT2D eigenvalue weighted by atomic mass is 16.6. The van der Waals surface area contributed by atoms with Crippen molar-refractivity contribution in [3.05, 3.63) is 58.7 Å². The summed E-state index contributed by atoms with van der Waals surface area (Å²) in [4.78, 5) is 36.8. The molecule has 6 heteroatoms. The third-order valence-electron chi connectivity index (χ3n) is 6.53. The van der Waals surface area contributed by atoms with Crippen molar-refractivity contribution in [2.45, 2.75) is 57.8 Å². The molecule has 0 bridgehead atoms. The molecule has 1 aromatic carbocycles. The zero-order valence-corrected chi connectivity index (χ0v) is 16.7. The van der Waals surface area contributed by atoms with Crippen molar-refractivity contribution in [3.8, 4) is 0 Å². The Kier molecular flexibility index (Phi) is 4.50. The molecule has 1 aromatic rings. The molecule has 1 spiro atoms. The van der Waals surface area contributed by atoms with Gasteiger partial charge in [0.2, 0.25) is 6.10 Å². The van der Waals surface area contributed by atoms with E-state index < -0.39 is 35.2 Å². The molecule has 0 unspecified atom stereocenters. The largest absolute Gasteiger partial charge is 0.451 e. The van der Waals surface area contributed by atoms with Crippen LogP contribution >= 0.6 is 0 Å². The summed E-state index contributed by atoms with van der Waals surface area (Å²) in [7, 11) is 0. The van der Waals surface area contributed by atoms with Gasteiger partial charge in [0.1, 0.15) is 5.60 Å². The van der Waals surface area contributed by atoms with E-state index in [9.17, 15) is 19.5 Å². The number of benzene rings is 1. The average molecular weight is 396 g/mol. The van der Waals surface area contributed by atoms with Crippen molar-refractivity contribution in [1.29, 1.82) is 0 Å². The first-order chi connectivity index (χ1) is 13.7. The standard InChI is InChI=1S/C23H24O6/c1-13-17-11-16(25)12-18(17)20(22(3,27)23(13)9-10-23)29-21(26)19(28-14(2)24)15-7-5-4-6-8-15/h4-8,12,19-20,27H,9-11H2,1-3H3/t19-,20-,22+/m0/s1. The van der Waals surface area contributed by atoms with Gasteiger partial charge in [0.15, 0.2) is 11.9 Å². The Hall–Kier alpha value is -2.73. The summed E-state index contributed by atoms with van der Waals surface area (Å²) < 4.78 is 11.0. The molecule has 1 N–H and O–H groups in total. The van der Waals surface area contributed by atoms with Crippen molar-refractivity contribution in [2.24, 2.45) is 5.41 Å². The molecule has 4 rings (SSSR count). The molecule has 0 aromatic heterocycles. The second kappa shape index (κ2) is 6.66. The third kappa shape index (κ3) is 3.02. The van der Waals surface area contributed by atoms with Crippen LogP contribution < -0.4 is 0 Å². The molecule has 1 fully saturated rings. The summed E-state index contributed by atoms with van der Waals surface area (Å²) in [5, 5.41) is 11.4. The van der Waals surface area contributed by atoms with Gasteiger partial charge in [-0.3, -0.25) is 9.59 Å². The predicted octanol–water partition coefficient (Wildman–Crippen LogP) is 2.96. The molecular weight excluding hydrogens is 372 g/mol. The van der Waals surface area contributed by atoms with Gasteiger partial charge in [-0.25, -0.2) is 4.79 Å². The SMILES string of the molecule is CC(=O)O[C@H](C(=O)O[C@H]1C2=CC(=O)CC2=C(C)C2(CC2)[C@]1(C)O)c1ccccc1. The van der Waals surface area contributed by atoms with E-state index in [2.05, 4.69) is 0 Å². The maximum atomic E-state index is 13.1. The van der Waals surface area contributed by atoms with E-state index in [1.54, 1.807) is 37.3 Å². The summed E-state index contributed by atoms with van der Waals surface area (Å²) in [5.74, 6) is -1.45. The molecule has 1 saturated carbocycles. The maximum Gasteiger partial charge on any atom is 0.352 e. The Morgan fingerprint density at radius 3 is 2.45 bits per heavy atom. The van der Waals surface area contributed by atoms with Gasteiger partial charge < -0.3 is 14.6 Å². The van der Waals surface area contributed by atoms with E-state index in [4.69, 9.17) is 9.47 Å². The van der Waals surface area contributed by atoms with Crippen LogP contribution in [0.25, 0.3) is 0 Å². The van der Waals surface area contributed by atoms with Crippen molar-refractivity contribution >= 4 is 17.7 Å². The van der Waals surface area contributed by atoms with E-state index in [0.29, 0.717) is 11.1 Å². The van der Waals surface area contributed by atoms with Gasteiger partial charge in [0.05, 0.1) is 0 Å². The zero-order valence-electron chi connectivity index (χ0n) is 16.7. The zero-order chi connectivity index (χ0) is 21.0. The van der Waals surface area contributed by atoms with Crippen LogP contribution in [0, 0.1) is 5.41 Å². The minimum atomic E-state index is -1.36. The minimum Gasteiger partial charge on any atom is -0.451 e. The number of rotatable bonds is 4. The van der Waals surface area contributed by atoms with E-state index >= 15 is 0 Å². The van der Waals surface area contributed by atoms with Crippen molar-refractivity contribution < 1.29 is 29.0 Å². The van der Waals surface area contributed by atoms with Gasteiger partial charge in [-0.1, -0.05) is 35.9 Å². The van der Waals surface area contributed by atoms with E-state index in [-0.39, 0.29) is 12.2 Å². The number of fused-ring (bicyclic) bond motifs is 1. The fraction of sp³-hybridized carbons (Fsp3) is 0.435. The van der Waals surface area contributed by atoms with E-state index in [1.807, 2.05) is 6.92 Å². The van der Waals surface area contributed by atoms with Crippen molar-refractivity contribution in [3.63, 3.8) is 0 Å². The highest BCUT2D eigenvalue weighted by molar-refractivity contribution is 5.98. The van der Waals surface area contributed by atoms with Crippen LogP contribution in [0.3, 0.4) is 0 Å². The molecule has 6 nitrogen and oxygen atoms in total. The van der Waals surface area contributed by atoms with Crippen molar-refractivity contribution in [1.82, 2.24) is 0 Å². The number of ketones is 1. The van der Waals surface area contributed by atoms with Gasteiger partial charge in [-0.15, -0.1) is 0 Å². The Balaban J connectivity index is 1.70. The first-order valence-electron chi connectivity index (χ1n) is 9.77. The number of hydrogen-bond acceptors (Lipinski definition) is 6. The van der Waals surface area contributed by atoms with Gasteiger partial charge in [-0.05, 0) is 38.3 Å². The van der Waals surface area contributed by atoms with Gasteiger partial charge in [-0.2, -0.15) is 0 Å². The monoisotopic (exact) mass is 396 g/mol. The first kappa shape index (κ1) is 19.6.